The highest BCUT2D eigenvalue weighted by atomic mass is 16.5. The fraction of sp³-hybridized carbons (Fsp3) is 0.440. The highest BCUT2D eigenvalue weighted by molar-refractivity contribution is 5.81. The number of rotatable bonds is 10. The lowest BCUT2D eigenvalue weighted by Crippen LogP contribution is -2.39. The number of methoxy groups -OCH3 is 1. The van der Waals surface area contributed by atoms with E-state index in [1.807, 2.05) is 58.0 Å². The van der Waals surface area contributed by atoms with E-state index in [0.29, 0.717) is 17.6 Å². The fourth-order valence-corrected chi connectivity index (χ4v) is 3.65. The van der Waals surface area contributed by atoms with Crippen molar-refractivity contribution in [2.45, 2.75) is 40.8 Å². The molecule has 1 amide bonds. The summed E-state index contributed by atoms with van der Waals surface area (Å²) in [6, 6.07) is 15.4. The minimum atomic E-state index is 0.105. The number of hydrogen-bond acceptors (Lipinski definition) is 4. The standard InChI is InChI=1S/C25H33N3O3/c1-18(2)14-27(15-19(3)4)25(29)16-28-23-12-7-6-11-22(23)26-24(28)17-31-21-10-8-9-20(13-21)30-5/h6-13,18-19H,14-17H2,1-5H3. The lowest BCUT2D eigenvalue weighted by Gasteiger charge is -2.27. The first-order valence-corrected chi connectivity index (χ1v) is 10.9. The fourth-order valence-electron chi connectivity index (χ4n) is 3.65. The summed E-state index contributed by atoms with van der Waals surface area (Å²) in [6.07, 6.45) is 0. The van der Waals surface area contributed by atoms with Gasteiger partial charge in [-0.05, 0) is 36.1 Å². The van der Waals surface area contributed by atoms with Gasteiger partial charge in [0, 0.05) is 19.2 Å². The minimum absolute atomic E-state index is 0.105. The van der Waals surface area contributed by atoms with Crippen molar-refractivity contribution in [2.24, 2.45) is 11.8 Å². The van der Waals surface area contributed by atoms with E-state index in [1.54, 1.807) is 7.11 Å². The topological polar surface area (TPSA) is 56.6 Å². The molecule has 0 aliphatic rings. The van der Waals surface area contributed by atoms with Gasteiger partial charge in [-0.3, -0.25) is 4.79 Å². The zero-order valence-corrected chi connectivity index (χ0v) is 19.2. The van der Waals surface area contributed by atoms with Crippen molar-refractivity contribution in [1.82, 2.24) is 14.5 Å². The maximum atomic E-state index is 13.3. The SMILES string of the molecule is COc1cccc(OCc2nc3ccccc3n2CC(=O)N(CC(C)C)CC(C)C)c1. The molecule has 0 atom stereocenters. The number of fused-ring (bicyclic) bond motifs is 1. The maximum Gasteiger partial charge on any atom is 0.242 e. The van der Waals surface area contributed by atoms with Crippen LogP contribution in [-0.2, 0) is 17.9 Å². The maximum absolute atomic E-state index is 13.3. The van der Waals surface area contributed by atoms with Gasteiger partial charge >= 0.3 is 0 Å². The molecular weight excluding hydrogens is 390 g/mol. The first-order valence-electron chi connectivity index (χ1n) is 10.9. The summed E-state index contributed by atoms with van der Waals surface area (Å²) in [7, 11) is 1.63. The van der Waals surface area contributed by atoms with Crippen molar-refractivity contribution in [2.75, 3.05) is 20.2 Å². The van der Waals surface area contributed by atoms with Gasteiger partial charge in [0.05, 0.1) is 18.1 Å². The normalized spacial score (nSPS) is 11.3. The molecule has 0 saturated heterocycles. The van der Waals surface area contributed by atoms with E-state index in [1.165, 1.54) is 0 Å². The lowest BCUT2D eigenvalue weighted by molar-refractivity contribution is -0.132. The summed E-state index contributed by atoms with van der Waals surface area (Å²) in [6.45, 7) is 10.6. The summed E-state index contributed by atoms with van der Waals surface area (Å²) in [5.41, 5.74) is 1.80. The Morgan fingerprint density at radius 2 is 1.68 bits per heavy atom. The monoisotopic (exact) mass is 423 g/mol. The molecule has 6 heteroatoms. The van der Waals surface area contributed by atoms with Crippen LogP contribution >= 0.6 is 0 Å². The molecule has 0 radical (unpaired) electrons. The molecule has 0 aliphatic heterocycles. The molecule has 3 aromatic rings. The summed E-state index contributed by atoms with van der Waals surface area (Å²) in [4.78, 5) is 20.0. The number of ether oxygens (including phenoxy) is 2. The third-order valence-corrected chi connectivity index (χ3v) is 4.96. The van der Waals surface area contributed by atoms with E-state index in [2.05, 4.69) is 27.7 Å². The lowest BCUT2D eigenvalue weighted by atomic mass is 10.1. The van der Waals surface area contributed by atoms with E-state index in [-0.39, 0.29) is 19.1 Å². The molecule has 31 heavy (non-hydrogen) atoms. The Morgan fingerprint density at radius 1 is 1.00 bits per heavy atom. The molecule has 6 nitrogen and oxygen atoms in total. The third-order valence-electron chi connectivity index (χ3n) is 4.96. The number of carbonyl (C=O) groups excluding carboxylic acids is 1. The third kappa shape index (κ3) is 6.00. The molecule has 0 aliphatic carbocycles. The van der Waals surface area contributed by atoms with Crippen molar-refractivity contribution < 1.29 is 14.3 Å². The second-order valence-corrected chi connectivity index (χ2v) is 8.66. The van der Waals surface area contributed by atoms with Gasteiger partial charge in [0.1, 0.15) is 30.5 Å². The Balaban J connectivity index is 1.85. The minimum Gasteiger partial charge on any atom is -0.497 e. The molecule has 1 heterocycles. The Bertz CT molecular complexity index is 1000. The molecule has 2 aromatic carbocycles. The average molecular weight is 424 g/mol. The molecule has 0 fully saturated rings. The Morgan fingerprint density at radius 3 is 2.35 bits per heavy atom. The van der Waals surface area contributed by atoms with E-state index in [4.69, 9.17) is 14.5 Å². The summed E-state index contributed by atoms with van der Waals surface area (Å²) < 4.78 is 13.2. The predicted octanol–water partition coefficient (Wildman–Crippen LogP) is 4.76. The second-order valence-electron chi connectivity index (χ2n) is 8.66. The van der Waals surface area contributed by atoms with Crippen molar-refractivity contribution in [1.29, 1.82) is 0 Å². The highest BCUT2D eigenvalue weighted by Gasteiger charge is 2.20. The number of nitrogens with zero attached hydrogens (tertiary/aromatic N) is 3. The van der Waals surface area contributed by atoms with Gasteiger partial charge in [-0.2, -0.15) is 0 Å². The van der Waals surface area contributed by atoms with E-state index in [9.17, 15) is 4.79 Å². The van der Waals surface area contributed by atoms with Crippen LogP contribution in [0, 0.1) is 11.8 Å². The molecule has 0 bridgehead atoms. The van der Waals surface area contributed by atoms with Gasteiger partial charge in [0.2, 0.25) is 5.91 Å². The predicted molar refractivity (Wildman–Crippen MR) is 123 cm³/mol. The first-order chi connectivity index (χ1) is 14.9. The van der Waals surface area contributed by atoms with Gasteiger partial charge < -0.3 is 18.9 Å². The van der Waals surface area contributed by atoms with Crippen molar-refractivity contribution in [3.8, 4) is 11.5 Å². The number of benzene rings is 2. The van der Waals surface area contributed by atoms with Crippen molar-refractivity contribution in [3.05, 3.63) is 54.4 Å². The van der Waals surface area contributed by atoms with Crippen LogP contribution in [0.1, 0.15) is 33.5 Å². The quantitative estimate of drug-likeness (QED) is 0.472. The van der Waals surface area contributed by atoms with Crippen LogP contribution < -0.4 is 9.47 Å². The molecule has 0 unspecified atom stereocenters. The number of hydrogen-bond donors (Lipinski definition) is 0. The van der Waals surface area contributed by atoms with Gasteiger partial charge in [-0.1, -0.05) is 45.9 Å². The molecular formula is C25H33N3O3. The molecule has 0 saturated carbocycles. The Labute approximate surface area is 184 Å². The van der Waals surface area contributed by atoms with Gasteiger partial charge in [-0.25, -0.2) is 4.98 Å². The number of para-hydroxylation sites is 2. The van der Waals surface area contributed by atoms with Crippen molar-refractivity contribution in [3.63, 3.8) is 0 Å². The van der Waals surface area contributed by atoms with Crippen LogP contribution in [0.5, 0.6) is 11.5 Å². The smallest absolute Gasteiger partial charge is 0.242 e. The van der Waals surface area contributed by atoms with Crippen LogP contribution in [-0.4, -0.2) is 40.6 Å². The largest absolute Gasteiger partial charge is 0.497 e. The zero-order chi connectivity index (χ0) is 22.4. The molecule has 0 spiro atoms. The summed E-state index contributed by atoms with van der Waals surface area (Å²) in [5, 5.41) is 0. The van der Waals surface area contributed by atoms with Gasteiger partial charge in [0.15, 0.2) is 0 Å². The average Bonchev–Trinajstić information content (AvgIpc) is 3.08. The van der Waals surface area contributed by atoms with E-state index >= 15 is 0 Å². The van der Waals surface area contributed by atoms with Crippen LogP contribution in [0.2, 0.25) is 0 Å². The van der Waals surface area contributed by atoms with E-state index < -0.39 is 0 Å². The number of amides is 1. The van der Waals surface area contributed by atoms with Crippen LogP contribution in [0.15, 0.2) is 48.5 Å². The number of carbonyl (C=O) groups is 1. The van der Waals surface area contributed by atoms with Crippen LogP contribution in [0.3, 0.4) is 0 Å². The first kappa shape index (κ1) is 22.7. The molecule has 0 N–H and O–H groups in total. The van der Waals surface area contributed by atoms with E-state index in [0.717, 1.165) is 35.7 Å². The zero-order valence-electron chi connectivity index (χ0n) is 19.2. The van der Waals surface area contributed by atoms with Gasteiger partial charge in [0.25, 0.3) is 0 Å². The highest BCUT2D eigenvalue weighted by Crippen LogP contribution is 2.22. The summed E-state index contributed by atoms with van der Waals surface area (Å²) >= 11 is 0. The molecule has 3 rings (SSSR count). The molecule has 1 aromatic heterocycles. The Hall–Kier alpha value is -3.02. The Kier molecular flexibility index (Phi) is 7.55. The summed E-state index contributed by atoms with van der Waals surface area (Å²) in [5.74, 6) is 3.10. The number of imidazole rings is 1. The second kappa shape index (κ2) is 10.3. The van der Waals surface area contributed by atoms with Crippen LogP contribution in [0.25, 0.3) is 11.0 Å². The van der Waals surface area contributed by atoms with Gasteiger partial charge in [-0.15, -0.1) is 0 Å². The molecule has 166 valence electrons. The number of aromatic nitrogens is 2. The van der Waals surface area contributed by atoms with Crippen LogP contribution in [0.4, 0.5) is 0 Å². The van der Waals surface area contributed by atoms with Crippen molar-refractivity contribution >= 4 is 16.9 Å².